The van der Waals surface area contributed by atoms with E-state index in [0.29, 0.717) is 6.04 Å². The van der Waals surface area contributed by atoms with Crippen molar-refractivity contribution in [2.75, 3.05) is 5.32 Å². The number of halogens is 1. The lowest BCUT2D eigenvalue weighted by Crippen LogP contribution is -2.17. The predicted octanol–water partition coefficient (Wildman–Crippen LogP) is 5.44. The number of aryl methyl sites for hydroxylation is 1. The van der Waals surface area contributed by atoms with Gasteiger partial charge in [-0.05, 0) is 42.5 Å². The van der Waals surface area contributed by atoms with Crippen LogP contribution >= 0.6 is 22.9 Å². The summed E-state index contributed by atoms with van der Waals surface area (Å²) in [6, 6.07) is 13.0. The highest BCUT2D eigenvalue weighted by Gasteiger charge is 2.21. The molecule has 0 saturated heterocycles. The number of benzene rings is 2. The van der Waals surface area contributed by atoms with Gasteiger partial charge in [-0.15, -0.1) is 11.3 Å². The summed E-state index contributed by atoms with van der Waals surface area (Å²) in [6.07, 6.45) is 3.51. The fourth-order valence-electron chi connectivity index (χ4n) is 3.12. The normalized spacial score (nSPS) is 17.7. The molecule has 1 unspecified atom stereocenters. The van der Waals surface area contributed by atoms with E-state index in [9.17, 15) is 0 Å². The Hall–Kier alpha value is -1.58. The molecule has 2 aromatic carbocycles. The second kappa shape index (κ2) is 5.32. The Morgan fingerprint density at radius 1 is 1.19 bits per heavy atom. The van der Waals surface area contributed by atoms with E-state index < -0.39 is 0 Å². The van der Waals surface area contributed by atoms with Crippen molar-refractivity contribution in [3.05, 3.63) is 58.1 Å². The summed E-state index contributed by atoms with van der Waals surface area (Å²) < 4.78 is 1.17. The zero-order chi connectivity index (χ0) is 14.2. The molecule has 106 valence electrons. The summed E-state index contributed by atoms with van der Waals surface area (Å²) in [5, 5.41) is 4.39. The molecule has 1 atom stereocenters. The van der Waals surface area contributed by atoms with Gasteiger partial charge < -0.3 is 5.32 Å². The van der Waals surface area contributed by atoms with Gasteiger partial charge in [-0.25, -0.2) is 4.98 Å². The van der Waals surface area contributed by atoms with E-state index in [0.717, 1.165) is 22.6 Å². The molecular weight excluding hydrogens is 300 g/mol. The lowest BCUT2D eigenvalue weighted by molar-refractivity contribution is 0.601. The summed E-state index contributed by atoms with van der Waals surface area (Å²) in [5.74, 6) is 0. The van der Waals surface area contributed by atoms with Crippen LogP contribution < -0.4 is 5.32 Å². The fraction of sp³-hybridized carbons (Fsp3) is 0.235. The molecular formula is C17H15ClN2S. The van der Waals surface area contributed by atoms with Crippen LogP contribution in [0.4, 0.5) is 5.69 Å². The molecule has 0 aliphatic heterocycles. The molecule has 1 heterocycles. The monoisotopic (exact) mass is 314 g/mol. The topological polar surface area (TPSA) is 24.9 Å². The van der Waals surface area contributed by atoms with Crippen LogP contribution in [0.25, 0.3) is 10.2 Å². The lowest BCUT2D eigenvalue weighted by atomic mass is 9.87. The van der Waals surface area contributed by atoms with E-state index in [-0.39, 0.29) is 0 Å². The first-order valence-corrected chi connectivity index (χ1v) is 8.45. The second-order valence-electron chi connectivity index (χ2n) is 5.41. The minimum atomic E-state index is 0.319. The lowest BCUT2D eigenvalue weighted by Gasteiger charge is -2.27. The predicted molar refractivity (Wildman–Crippen MR) is 90.4 cm³/mol. The van der Waals surface area contributed by atoms with Crippen LogP contribution in [0.2, 0.25) is 5.02 Å². The minimum absolute atomic E-state index is 0.319. The molecule has 0 amide bonds. The second-order valence-corrected chi connectivity index (χ2v) is 6.70. The van der Waals surface area contributed by atoms with Crippen molar-refractivity contribution in [2.45, 2.75) is 25.3 Å². The maximum Gasteiger partial charge on any atom is 0.106 e. The Bertz CT molecular complexity index is 796. The van der Waals surface area contributed by atoms with Gasteiger partial charge in [0.05, 0.1) is 27.0 Å². The molecule has 0 fully saturated rings. The first-order valence-electron chi connectivity index (χ1n) is 7.19. The maximum absolute atomic E-state index is 6.41. The van der Waals surface area contributed by atoms with E-state index in [2.05, 4.69) is 34.6 Å². The van der Waals surface area contributed by atoms with E-state index in [1.165, 1.54) is 28.7 Å². The maximum atomic E-state index is 6.41. The Morgan fingerprint density at radius 2 is 2.10 bits per heavy atom. The number of rotatable bonds is 2. The number of nitrogens with one attached hydrogen (secondary N) is 1. The number of anilines is 1. The van der Waals surface area contributed by atoms with Gasteiger partial charge in [0, 0.05) is 0 Å². The third kappa shape index (κ3) is 2.30. The number of thiazole rings is 1. The zero-order valence-corrected chi connectivity index (χ0v) is 13.0. The van der Waals surface area contributed by atoms with Gasteiger partial charge in [-0.3, -0.25) is 0 Å². The van der Waals surface area contributed by atoms with Crippen LogP contribution in [0.3, 0.4) is 0 Å². The highest BCUT2D eigenvalue weighted by molar-refractivity contribution is 7.16. The molecule has 0 spiro atoms. The van der Waals surface area contributed by atoms with Crippen LogP contribution in [0.5, 0.6) is 0 Å². The number of aromatic nitrogens is 1. The highest BCUT2D eigenvalue weighted by atomic mass is 35.5. The van der Waals surface area contributed by atoms with Gasteiger partial charge in [0.1, 0.15) is 5.52 Å². The number of nitrogens with zero attached hydrogens (tertiary/aromatic N) is 1. The van der Waals surface area contributed by atoms with Crippen LogP contribution in [-0.2, 0) is 6.42 Å². The molecule has 1 aromatic heterocycles. The number of fused-ring (bicyclic) bond motifs is 2. The molecule has 0 saturated carbocycles. The zero-order valence-electron chi connectivity index (χ0n) is 11.5. The van der Waals surface area contributed by atoms with Crippen LogP contribution in [-0.4, -0.2) is 4.98 Å². The van der Waals surface area contributed by atoms with Gasteiger partial charge in [-0.2, -0.15) is 0 Å². The molecule has 0 bridgehead atoms. The molecule has 0 radical (unpaired) electrons. The first-order chi connectivity index (χ1) is 10.3. The van der Waals surface area contributed by atoms with Crippen molar-refractivity contribution in [3.8, 4) is 0 Å². The smallest absolute Gasteiger partial charge is 0.106 e. The number of hydrogen-bond donors (Lipinski definition) is 1. The van der Waals surface area contributed by atoms with Crippen molar-refractivity contribution in [3.63, 3.8) is 0 Å². The van der Waals surface area contributed by atoms with Crippen molar-refractivity contribution >= 4 is 38.8 Å². The number of hydrogen-bond acceptors (Lipinski definition) is 3. The van der Waals surface area contributed by atoms with E-state index in [1.807, 2.05) is 17.6 Å². The van der Waals surface area contributed by atoms with Gasteiger partial charge >= 0.3 is 0 Å². The van der Waals surface area contributed by atoms with Gasteiger partial charge in [0.15, 0.2) is 0 Å². The summed E-state index contributed by atoms with van der Waals surface area (Å²) >= 11 is 8.06. The van der Waals surface area contributed by atoms with Crippen LogP contribution in [0.1, 0.15) is 30.0 Å². The van der Waals surface area contributed by atoms with Crippen molar-refractivity contribution in [2.24, 2.45) is 0 Å². The minimum Gasteiger partial charge on any atom is -0.375 e. The summed E-state index contributed by atoms with van der Waals surface area (Å²) in [5.41, 5.74) is 6.67. The van der Waals surface area contributed by atoms with E-state index in [4.69, 9.17) is 11.6 Å². The molecule has 4 rings (SSSR count). The quantitative estimate of drug-likeness (QED) is 0.681. The molecule has 4 heteroatoms. The van der Waals surface area contributed by atoms with E-state index >= 15 is 0 Å². The molecule has 2 nitrogen and oxygen atoms in total. The van der Waals surface area contributed by atoms with Crippen molar-refractivity contribution in [1.82, 2.24) is 4.98 Å². The molecule has 1 N–H and O–H groups in total. The van der Waals surface area contributed by atoms with Gasteiger partial charge in [-0.1, -0.05) is 35.9 Å². The Morgan fingerprint density at radius 3 is 3.05 bits per heavy atom. The van der Waals surface area contributed by atoms with Gasteiger partial charge in [0.2, 0.25) is 0 Å². The van der Waals surface area contributed by atoms with Crippen molar-refractivity contribution < 1.29 is 0 Å². The van der Waals surface area contributed by atoms with Crippen LogP contribution in [0.15, 0.2) is 41.9 Å². The largest absolute Gasteiger partial charge is 0.375 e. The van der Waals surface area contributed by atoms with Crippen LogP contribution in [0, 0.1) is 0 Å². The Kier molecular flexibility index (Phi) is 3.32. The standard InChI is InChI=1S/C17H15ClN2S/c18-13-8-9-15-17(19-10-21-15)16(13)20-14-7-3-5-11-4-1-2-6-12(11)14/h1-2,4,6,8-10,14,20H,3,5,7H2. The highest BCUT2D eigenvalue weighted by Crippen LogP contribution is 2.38. The SMILES string of the molecule is Clc1ccc2scnc2c1NC1CCCc2ccccc21. The third-order valence-corrected chi connectivity index (χ3v) is 5.25. The average Bonchev–Trinajstić information content (AvgIpc) is 2.99. The molecule has 21 heavy (non-hydrogen) atoms. The molecule has 1 aliphatic rings. The molecule has 3 aromatic rings. The first kappa shape index (κ1) is 13.1. The Balaban J connectivity index is 1.76. The average molecular weight is 315 g/mol. The fourth-order valence-corrected chi connectivity index (χ4v) is 4.01. The van der Waals surface area contributed by atoms with E-state index in [1.54, 1.807) is 11.3 Å². The third-order valence-electron chi connectivity index (χ3n) is 4.14. The Labute approximate surface area is 132 Å². The molecule has 1 aliphatic carbocycles. The summed E-state index contributed by atoms with van der Waals surface area (Å²) in [7, 11) is 0. The van der Waals surface area contributed by atoms with Gasteiger partial charge in [0.25, 0.3) is 0 Å². The summed E-state index contributed by atoms with van der Waals surface area (Å²) in [4.78, 5) is 4.47. The summed E-state index contributed by atoms with van der Waals surface area (Å²) in [6.45, 7) is 0. The van der Waals surface area contributed by atoms with Crippen molar-refractivity contribution in [1.29, 1.82) is 0 Å².